The number of ether oxygens (including phenoxy) is 1. The number of rotatable bonds is 6. The number of hydrogen-bond acceptors (Lipinski definition) is 5. The van der Waals surface area contributed by atoms with Crippen LogP contribution in [0.15, 0.2) is 34.7 Å². The molecule has 1 amide bonds. The zero-order valence-corrected chi connectivity index (χ0v) is 14.6. The number of carbonyl (C=O) groups excluding carboxylic acids is 2. The summed E-state index contributed by atoms with van der Waals surface area (Å²) in [6, 6.07) is 8.06. The Balaban J connectivity index is 1.88. The van der Waals surface area contributed by atoms with E-state index in [1.807, 2.05) is 0 Å². The fourth-order valence-electron chi connectivity index (χ4n) is 2.01. The fourth-order valence-corrected chi connectivity index (χ4v) is 2.31. The highest BCUT2D eigenvalue weighted by molar-refractivity contribution is 6.42. The van der Waals surface area contributed by atoms with Crippen molar-refractivity contribution in [3.8, 4) is 0 Å². The lowest BCUT2D eigenvalue weighted by Gasteiger charge is -2.15. The quantitative estimate of drug-likeness (QED) is 0.788. The van der Waals surface area contributed by atoms with Gasteiger partial charge in [-0.1, -0.05) is 23.2 Å². The van der Waals surface area contributed by atoms with Crippen LogP contribution >= 0.6 is 23.2 Å². The summed E-state index contributed by atoms with van der Waals surface area (Å²) in [5, 5.41) is 3.52. The Labute approximate surface area is 149 Å². The number of methoxy groups -OCH3 is 1. The van der Waals surface area contributed by atoms with Gasteiger partial charge in [-0.2, -0.15) is 0 Å². The highest BCUT2D eigenvalue weighted by atomic mass is 35.5. The Morgan fingerprint density at radius 3 is 2.62 bits per heavy atom. The lowest BCUT2D eigenvalue weighted by molar-refractivity contribution is -0.117. The monoisotopic (exact) mass is 370 g/mol. The largest absolute Gasteiger partial charge is 0.463 e. The van der Waals surface area contributed by atoms with E-state index in [1.54, 1.807) is 36.2 Å². The number of likely N-dealkylation sites (N-methyl/N-ethyl adjacent to an activating group) is 1. The highest BCUT2D eigenvalue weighted by Gasteiger charge is 2.14. The van der Waals surface area contributed by atoms with E-state index in [1.165, 1.54) is 13.2 Å². The molecule has 0 aliphatic rings. The van der Waals surface area contributed by atoms with Crippen molar-refractivity contribution in [2.75, 3.05) is 26.0 Å². The number of hydrogen-bond donors (Lipinski definition) is 1. The van der Waals surface area contributed by atoms with Gasteiger partial charge in [0, 0.05) is 5.69 Å². The Morgan fingerprint density at radius 1 is 1.21 bits per heavy atom. The molecule has 128 valence electrons. The van der Waals surface area contributed by atoms with Gasteiger partial charge >= 0.3 is 5.97 Å². The van der Waals surface area contributed by atoms with E-state index in [-0.39, 0.29) is 18.2 Å². The first-order chi connectivity index (χ1) is 11.4. The molecule has 0 saturated carbocycles. The number of esters is 1. The Kier molecular flexibility index (Phi) is 6.25. The molecule has 0 fully saturated rings. The van der Waals surface area contributed by atoms with E-state index < -0.39 is 5.97 Å². The van der Waals surface area contributed by atoms with E-state index in [0.717, 1.165) is 0 Å². The number of halogens is 2. The summed E-state index contributed by atoms with van der Waals surface area (Å²) < 4.78 is 9.93. The number of anilines is 1. The number of furan rings is 1. The maximum Gasteiger partial charge on any atom is 0.373 e. The van der Waals surface area contributed by atoms with Crippen LogP contribution in [-0.4, -0.2) is 37.5 Å². The molecular formula is C16H16Cl2N2O4. The van der Waals surface area contributed by atoms with Gasteiger partial charge in [-0.3, -0.25) is 9.69 Å². The number of amides is 1. The van der Waals surface area contributed by atoms with E-state index >= 15 is 0 Å². The zero-order valence-electron chi connectivity index (χ0n) is 13.1. The van der Waals surface area contributed by atoms with Gasteiger partial charge in [-0.15, -0.1) is 0 Å². The molecule has 2 aromatic rings. The molecule has 0 saturated heterocycles. The molecule has 0 bridgehead atoms. The summed E-state index contributed by atoms with van der Waals surface area (Å²) in [5.74, 6) is -0.0710. The van der Waals surface area contributed by atoms with Crippen LogP contribution in [-0.2, 0) is 16.1 Å². The standard InChI is InChI=1S/C16H16Cl2N2O4/c1-20(8-11-4-6-14(24-11)16(22)23-2)9-15(21)19-10-3-5-12(17)13(18)7-10/h3-7H,8-9H2,1-2H3,(H,19,21). The van der Waals surface area contributed by atoms with Crippen molar-refractivity contribution in [3.05, 3.63) is 51.9 Å². The second-order valence-electron chi connectivity index (χ2n) is 5.11. The topological polar surface area (TPSA) is 71.8 Å². The third kappa shape index (κ3) is 4.99. The Morgan fingerprint density at radius 2 is 1.96 bits per heavy atom. The third-order valence-corrected chi connectivity index (χ3v) is 3.83. The molecule has 0 spiro atoms. The first-order valence-electron chi connectivity index (χ1n) is 6.99. The second kappa shape index (κ2) is 8.19. The van der Waals surface area contributed by atoms with Gasteiger partial charge in [-0.25, -0.2) is 4.79 Å². The molecule has 1 aromatic carbocycles. The van der Waals surface area contributed by atoms with Crippen molar-refractivity contribution in [1.82, 2.24) is 4.90 Å². The first kappa shape index (κ1) is 18.3. The molecule has 0 aliphatic heterocycles. The van der Waals surface area contributed by atoms with Crippen molar-refractivity contribution in [2.45, 2.75) is 6.54 Å². The van der Waals surface area contributed by atoms with Crippen molar-refractivity contribution < 1.29 is 18.7 Å². The molecule has 0 unspecified atom stereocenters. The molecule has 0 aliphatic carbocycles. The van der Waals surface area contributed by atoms with Crippen LogP contribution in [0, 0.1) is 0 Å². The molecule has 1 heterocycles. The molecule has 0 atom stereocenters. The van der Waals surface area contributed by atoms with Gasteiger partial charge in [-0.05, 0) is 37.4 Å². The van der Waals surface area contributed by atoms with Crippen LogP contribution in [0.4, 0.5) is 5.69 Å². The first-order valence-corrected chi connectivity index (χ1v) is 7.75. The van der Waals surface area contributed by atoms with Crippen LogP contribution in [0.1, 0.15) is 16.3 Å². The normalized spacial score (nSPS) is 10.7. The van der Waals surface area contributed by atoms with Crippen molar-refractivity contribution >= 4 is 40.8 Å². The minimum absolute atomic E-state index is 0.126. The fraction of sp³-hybridized carbons (Fsp3) is 0.250. The van der Waals surface area contributed by atoms with E-state index in [9.17, 15) is 9.59 Å². The molecule has 6 nitrogen and oxygen atoms in total. The number of carbonyl (C=O) groups is 2. The number of benzene rings is 1. The second-order valence-corrected chi connectivity index (χ2v) is 5.92. The van der Waals surface area contributed by atoms with Gasteiger partial charge in [0.05, 0.1) is 30.2 Å². The maximum atomic E-state index is 12.0. The van der Waals surface area contributed by atoms with Crippen LogP contribution in [0.2, 0.25) is 10.0 Å². The summed E-state index contributed by atoms with van der Waals surface area (Å²) in [6.45, 7) is 0.500. The van der Waals surface area contributed by atoms with Gasteiger partial charge in [0.1, 0.15) is 5.76 Å². The molecular weight excluding hydrogens is 355 g/mol. The van der Waals surface area contributed by atoms with E-state index in [2.05, 4.69) is 10.1 Å². The van der Waals surface area contributed by atoms with E-state index in [4.69, 9.17) is 27.6 Å². The van der Waals surface area contributed by atoms with Gasteiger partial charge < -0.3 is 14.5 Å². The predicted octanol–water partition coefficient (Wildman–Crippen LogP) is 3.44. The summed E-state index contributed by atoms with van der Waals surface area (Å²) in [4.78, 5) is 25.1. The molecule has 24 heavy (non-hydrogen) atoms. The summed E-state index contributed by atoms with van der Waals surface area (Å²) in [5.41, 5.74) is 0.564. The van der Waals surface area contributed by atoms with Gasteiger partial charge in [0.2, 0.25) is 11.7 Å². The average Bonchev–Trinajstić information content (AvgIpc) is 2.98. The van der Waals surface area contributed by atoms with Gasteiger partial charge in [0.25, 0.3) is 0 Å². The van der Waals surface area contributed by atoms with Crippen LogP contribution in [0.3, 0.4) is 0 Å². The maximum absolute atomic E-state index is 12.0. The Hall–Kier alpha value is -2.02. The molecule has 0 radical (unpaired) electrons. The van der Waals surface area contributed by atoms with Crippen LogP contribution < -0.4 is 5.32 Å². The Bertz CT molecular complexity index is 745. The third-order valence-electron chi connectivity index (χ3n) is 3.09. The number of nitrogens with one attached hydrogen (secondary N) is 1. The van der Waals surface area contributed by atoms with Crippen molar-refractivity contribution in [1.29, 1.82) is 0 Å². The zero-order chi connectivity index (χ0) is 17.7. The summed E-state index contributed by atoms with van der Waals surface area (Å²) in [6.07, 6.45) is 0. The summed E-state index contributed by atoms with van der Waals surface area (Å²) in [7, 11) is 3.04. The van der Waals surface area contributed by atoms with Crippen molar-refractivity contribution in [3.63, 3.8) is 0 Å². The van der Waals surface area contributed by atoms with E-state index in [0.29, 0.717) is 28.0 Å². The number of nitrogens with zero attached hydrogens (tertiary/aromatic N) is 1. The summed E-state index contributed by atoms with van der Waals surface area (Å²) >= 11 is 11.7. The molecule has 1 aromatic heterocycles. The SMILES string of the molecule is COC(=O)c1ccc(CN(C)CC(=O)Nc2ccc(Cl)c(Cl)c2)o1. The highest BCUT2D eigenvalue weighted by Crippen LogP contribution is 2.24. The van der Waals surface area contributed by atoms with Crippen molar-refractivity contribution in [2.24, 2.45) is 0 Å². The smallest absolute Gasteiger partial charge is 0.373 e. The van der Waals surface area contributed by atoms with Gasteiger partial charge in [0.15, 0.2) is 0 Å². The minimum Gasteiger partial charge on any atom is -0.463 e. The molecule has 2 rings (SSSR count). The molecule has 1 N–H and O–H groups in total. The predicted molar refractivity (Wildman–Crippen MR) is 91.5 cm³/mol. The van der Waals surface area contributed by atoms with Crippen LogP contribution in [0.25, 0.3) is 0 Å². The molecule has 8 heteroatoms. The average molecular weight is 371 g/mol. The minimum atomic E-state index is -0.540. The lowest BCUT2D eigenvalue weighted by Crippen LogP contribution is -2.29. The van der Waals surface area contributed by atoms with Crippen LogP contribution in [0.5, 0.6) is 0 Å². The lowest BCUT2D eigenvalue weighted by atomic mass is 10.3.